The summed E-state index contributed by atoms with van der Waals surface area (Å²) < 4.78 is 0. The topological polar surface area (TPSA) is 27.3 Å². The molecule has 6 heteroatoms. The number of aryl methyl sites for hydroxylation is 6. The quantitative estimate of drug-likeness (QED) is 0.418. The summed E-state index contributed by atoms with van der Waals surface area (Å²) in [5, 5.41) is 7.23. The summed E-state index contributed by atoms with van der Waals surface area (Å²) >= 11 is 0. The van der Waals surface area contributed by atoms with Gasteiger partial charge < -0.3 is 40.3 Å². The Labute approximate surface area is 259 Å². The van der Waals surface area contributed by atoms with Crippen molar-refractivity contribution in [2.45, 2.75) is 47.5 Å². The standard InChI is InChI=1S/C33H37N3.2ClH.Ru/c1-21-16-23(3)30(24(4)17-21)31-28(33-34-13-14-35-33)12-15-36(29(31)20-27-10-8-7-9-11-27)32-25(5)18-22(2)19-26(32)6;;;/h7-12,15-20,31,34-35H,13-14H2,1-6H3;2*1H;/q;;;+2/p-2. The second-order valence-electron chi connectivity index (χ2n) is 10.3. The fourth-order valence-corrected chi connectivity index (χ4v) is 6.08. The third kappa shape index (κ3) is 6.63. The van der Waals surface area contributed by atoms with Crippen LogP contribution in [0, 0.1) is 41.5 Å². The fraction of sp³-hybridized carbons (Fsp3) is 0.273. The van der Waals surface area contributed by atoms with Crippen LogP contribution in [0.25, 0.3) is 6.08 Å². The Bertz CT molecular complexity index is 1360. The third-order valence-electron chi connectivity index (χ3n) is 7.32. The zero-order valence-electron chi connectivity index (χ0n) is 23.5. The molecule has 1 fully saturated rings. The molecule has 2 N–H and O–H groups in total. The van der Waals surface area contributed by atoms with E-state index in [0.29, 0.717) is 0 Å². The van der Waals surface area contributed by atoms with Gasteiger partial charge in [0, 0.05) is 30.6 Å². The van der Waals surface area contributed by atoms with Crippen molar-refractivity contribution in [1.82, 2.24) is 10.6 Å². The van der Waals surface area contributed by atoms with Crippen LogP contribution < -0.4 is 40.3 Å². The van der Waals surface area contributed by atoms with Gasteiger partial charge in [-0.25, -0.2) is 0 Å². The van der Waals surface area contributed by atoms with E-state index in [0.717, 1.165) is 18.9 Å². The van der Waals surface area contributed by atoms with Crippen molar-refractivity contribution in [3.05, 3.63) is 128 Å². The molecule has 0 radical (unpaired) electrons. The van der Waals surface area contributed by atoms with Gasteiger partial charge in [0.15, 0.2) is 0 Å². The van der Waals surface area contributed by atoms with Crippen molar-refractivity contribution in [1.29, 1.82) is 0 Å². The molecule has 3 aromatic carbocycles. The van der Waals surface area contributed by atoms with E-state index in [4.69, 9.17) is 0 Å². The Morgan fingerprint density at radius 3 is 1.79 bits per heavy atom. The van der Waals surface area contributed by atoms with Crippen LogP contribution in [0.5, 0.6) is 0 Å². The van der Waals surface area contributed by atoms with Crippen LogP contribution in [-0.4, -0.2) is 13.1 Å². The number of nitrogens with zero attached hydrogens (tertiary/aromatic N) is 1. The first kappa shape index (κ1) is 32.7. The molecule has 5 rings (SSSR count). The first-order valence-corrected chi connectivity index (χ1v) is 12.9. The van der Waals surface area contributed by atoms with Crippen LogP contribution >= 0.6 is 0 Å². The first-order valence-electron chi connectivity index (χ1n) is 12.9. The SMILES string of the molecule is Cc1cc(C)c(C2C(=Cc3ccccc3)N(c3c(C)cc(C)cc3C)C=CC2=C2NCCN2)c(C)c1.[Cl-].[Cl-].[Ru+2]. The molecule has 0 aliphatic carbocycles. The average molecular weight is 648 g/mol. The van der Waals surface area contributed by atoms with E-state index in [1.165, 1.54) is 61.5 Å². The summed E-state index contributed by atoms with van der Waals surface area (Å²) in [5.41, 5.74) is 14.3. The molecule has 1 atom stereocenters. The largest absolute Gasteiger partial charge is 2.00 e. The fourth-order valence-electron chi connectivity index (χ4n) is 6.08. The zero-order valence-corrected chi connectivity index (χ0v) is 26.7. The Balaban J connectivity index is 0.00000178. The number of allylic oxidation sites excluding steroid dienone is 2. The summed E-state index contributed by atoms with van der Waals surface area (Å²) in [6.45, 7) is 15.3. The van der Waals surface area contributed by atoms with Crippen molar-refractivity contribution in [2.75, 3.05) is 18.0 Å². The Kier molecular flexibility index (Phi) is 11.5. The molecule has 39 heavy (non-hydrogen) atoms. The number of nitrogens with one attached hydrogen (secondary N) is 2. The van der Waals surface area contributed by atoms with Gasteiger partial charge in [0.05, 0.1) is 11.6 Å². The minimum Gasteiger partial charge on any atom is -1.00 e. The summed E-state index contributed by atoms with van der Waals surface area (Å²) in [6, 6.07) is 20.0. The van der Waals surface area contributed by atoms with Crippen LogP contribution in [0.2, 0.25) is 0 Å². The van der Waals surface area contributed by atoms with Gasteiger partial charge in [-0.2, -0.15) is 0 Å². The molecule has 0 saturated carbocycles. The van der Waals surface area contributed by atoms with E-state index in [1.807, 2.05) is 0 Å². The third-order valence-corrected chi connectivity index (χ3v) is 7.32. The van der Waals surface area contributed by atoms with Gasteiger partial charge in [0.25, 0.3) is 0 Å². The average Bonchev–Trinajstić information content (AvgIpc) is 3.35. The second kappa shape index (κ2) is 13.7. The number of anilines is 1. The second-order valence-corrected chi connectivity index (χ2v) is 10.3. The molecule has 2 aliphatic heterocycles. The van der Waals surface area contributed by atoms with Crippen LogP contribution in [0.15, 0.2) is 84.0 Å². The van der Waals surface area contributed by atoms with E-state index in [1.54, 1.807) is 0 Å². The Hall–Kier alpha value is -2.52. The number of hydrogen-bond donors (Lipinski definition) is 2. The normalized spacial score (nSPS) is 17.1. The smallest absolute Gasteiger partial charge is 1.00 e. The molecule has 1 unspecified atom stereocenters. The minimum atomic E-state index is 0. The monoisotopic (exact) mass is 647 g/mol. The molecule has 0 bridgehead atoms. The van der Waals surface area contributed by atoms with Gasteiger partial charge in [0.2, 0.25) is 0 Å². The maximum absolute atomic E-state index is 3.62. The number of benzene rings is 3. The van der Waals surface area contributed by atoms with Gasteiger partial charge in [-0.15, -0.1) is 0 Å². The molecule has 206 valence electrons. The Morgan fingerprint density at radius 2 is 1.26 bits per heavy atom. The van der Waals surface area contributed by atoms with E-state index in [-0.39, 0.29) is 50.2 Å². The maximum atomic E-state index is 3.62. The molecule has 2 aliphatic rings. The van der Waals surface area contributed by atoms with E-state index < -0.39 is 0 Å². The maximum Gasteiger partial charge on any atom is 2.00 e. The van der Waals surface area contributed by atoms with Gasteiger partial charge in [-0.3, -0.25) is 0 Å². The van der Waals surface area contributed by atoms with E-state index in [2.05, 4.69) is 130 Å². The van der Waals surface area contributed by atoms with Gasteiger partial charge in [-0.1, -0.05) is 65.7 Å². The molecule has 1 saturated heterocycles. The molecule has 2 heterocycles. The van der Waals surface area contributed by atoms with Crippen LogP contribution in [0.1, 0.15) is 50.4 Å². The first-order chi connectivity index (χ1) is 17.3. The minimum absolute atomic E-state index is 0. The van der Waals surface area contributed by atoms with Gasteiger partial charge >= 0.3 is 19.5 Å². The van der Waals surface area contributed by atoms with Gasteiger partial charge in [-0.05, 0) is 87.1 Å². The molecular formula is C33H37Cl2N3Ru. The summed E-state index contributed by atoms with van der Waals surface area (Å²) in [6.07, 6.45) is 6.95. The van der Waals surface area contributed by atoms with Crippen molar-refractivity contribution < 1.29 is 44.3 Å². The van der Waals surface area contributed by atoms with Crippen molar-refractivity contribution in [3.8, 4) is 0 Å². The van der Waals surface area contributed by atoms with Crippen LogP contribution in [0.4, 0.5) is 5.69 Å². The van der Waals surface area contributed by atoms with E-state index >= 15 is 0 Å². The molecule has 0 spiro atoms. The predicted octanol–water partition coefficient (Wildman–Crippen LogP) is 1.11. The molecule has 3 nitrogen and oxygen atoms in total. The number of rotatable bonds is 3. The van der Waals surface area contributed by atoms with Crippen molar-refractivity contribution >= 4 is 11.8 Å². The van der Waals surface area contributed by atoms with E-state index in [9.17, 15) is 0 Å². The summed E-state index contributed by atoms with van der Waals surface area (Å²) in [4.78, 5) is 2.43. The number of hydrogen-bond acceptors (Lipinski definition) is 3. The molecule has 0 amide bonds. The number of halogens is 2. The van der Waals surface area contributed by atoms with Crippen LogP contribution in [-0.2, 0) is 19.5 Å². The molecule has 0 aromatic heterocycles. The Morgan fingerprint density at radius 1 is 0.744 bits per heavy atom. The van der Waals surface area contributed by atoms with Crippen molar-refractivity contribution in [2.24, 2.45) is 0 Å². The molecule has 3 aromatic rings. The zero-order chi connectivity index (χ0) is 25.4. The summed E-state index contributed by atoms with van der Waals surface area (Å²) in [5.74, 6) is 1.23. The molecular weight excluding hydrogens is 610 g/mol. The summed E-state index contributed by atoms with van der Waals surface area (Å²) in [7, 11) is 0. The van der Waals surface area contributed by atoms with Gasteiger partial charge in [0.1, 0.15) is 5.82 Å². The van der Waals surface area contributed by atoms with Crippen molar-refractivity contribution in [3.63, 3.8) is 0 Å². The van der Waals surface area contributed by atoms with Crippen LogP contribution in [0.3, 0.4) is 0 Å². The predicted molar refractivity (Wildman–Crippen MR) is 153 cm³/mol.